The summed E-state index contributed by atoms with van der Waals surface area (Å²) in [5.41, 5.74) is 1.65. The van der Waals surface area contributed by atoms with Crippen molar-refractivity contribution in [2.75, 3.05) is 12.4 Å². The first kappa shape index (κ1) is 17.7. The number of amides is 1. The van der Waals surface area contributed by atoms with Crippen LogP contribution in [0.1, 0.15) is 32.1 Å². The largest absolute Gasteiger partial charge is 0.465 e. The van der Waals surface area contributed by atoms with Gasteiger partial charge in [-0.1, -0.05) is 11.6 Å². The first-order chi connectivity index (χ1) is 11.3. The summed E-state index contributed by atoms with van der Waals surface area (Å²) in [4.78, 5) is 36.2. The first-order valence-corrected chi connectivity index (χ1v) is 7.37. The monoisotopic (exact) mass is 349 g/mol. The van der Waals surface area contributed by atoms with E-state index in [0.717, 1.165) is 0 Å². The van der Waals surface area contributed by atoms with E-state index < -0.39 is 17.7 Å². The van der Waals surface area contributed by atoms with Crippen LogP contribution in [-0.2, 0) is 16.6 Å². The van der Waals surface area contributed by atoms with Gasteiger partial charge >= 0.3 is 5.97 Å². The molecule has 0 fully saturated rings. The average molecular weight is 350 g/mol. The molecular weight excluding hydrogens is 334 g/mol. The Bertz CT molecular complexity index is 842. The van der Waals surface area contributed by atoms with E-state index in [1.807, 2.05) is 0 Å². The molecule has 2 rings (SSSR count). The number of hydrogen-bond donors (Lipinski definition) is 1. The highest BCUT2D eigenvalue weighted by molar-refractivity contribution is 6.47. The number of Topliss-reactive ketones (excluding diaryl/α,β-unsaturated/α-hetero) is 1. The number of anilines is 1. The van der Waals surface area contributed by atoms with Crippen LogP contribution in [0.5, 0.6) is 0 Å². The summed E-state index contributed by atoms with van der Waals surface area (Å²) in [7, 11) is 2.93. The van der Waals surface area contributed by atoms with Gasteiger partial charge in [0.15, 0.2) is 0 Å². The number of carbonyl (C=O) groups excluding carboxylic acids is 3. The Kier molecular flexibility index (Phi) is 5.04. The lowest BCUT2D eigenvalue weighted by Crippen LogP contribution is -2.24. The van der Waals surface area contributed by atoms with Crippen LogP contribution in [0.2, 0.25) is 5.02 Å². The highest BCUT2D eigenvalue weighted by Crippen LogP contribution is 2.24. The number of benzene rings is 1. The molecule has 1 N–H and O–H groups in total. The van der Waals surface area contributed by atoms with Gasteiger partial charge in [-0.15, -0.1) is 0 Å². The van der Waals surface area contributed by atoms with Crippen molar-refractivity contribution in [3.8, 4) is 0 Å². The summed E-state index contributed by atoms with van der Waals surface area (Å²) in [5, 5.41) is 6.74. The van der Waals surface area contributed by atoms with Gasteiger partial charge in [-0.05, 0) is 32.0 Å². The summed E-state index contributed by atoms with van der Waals surface area (Å²) in [6.45, 7) is 3.35. The number of ether oxygens (including phenoxy) is 1. The zero-order valence-corrected chi connectivity index (χ0v) is 14.4. The molecule has 1 amide bonds. The van der Waals surface area contributed by atoms with Crippen molar-refractivity contribution in [2.45, 2.75) is 13.8 Å². The molecule has 0 radical (unpaired) electrons. The predicted molar refractivity (Wildman–Crippen MR) is 88.4 cm³/mol. The second-order valence-electron chi connectivity index (χ2n) is 5.14. The zero-order valence-electron chi connectivity index (χ0n) is 13.6. The van der Waals surface area contributed by atoms with E-state index in [1.165, 1.54) is 30.0 Å². The summed E-state index contributed by atoms with van der Waals surface area (Å²) in [5.74, 6) is -2.16. The number of aromatic nitrogens is 2. The van der Waals surface area contributed by atoms with Crippen LogP contribution in [-0.4, -0.2) is 34.6 Å². The van der Waals surface area contributed by atoms with Crippen molar-refractivity contribution >= 4 is 34.9 Å². The molecule has 1 aromatic heterocycles. The molecule has 0 aliphatic heterocycles. The average Bonchev–Trinajstić information content (AvgIpc) is 2.80. The first-order valence-electron chi connectivity index (χ1n) is 7.00. The molecule has 1 heterocycles. The second-order valence-corrected chi connectivity index (χ2v) is 5.55. The van der Waals surface area contributed by atoms with E-state index in [0.29, 0.717) is 11.4 Å². The Morgan fingerprint density at radius 3 is 2.46 bits per heavy atom. The number of methoxy groups -OCH3 is 1. The van der Waals surface area contributed by atoms with Crippen molar-refractivity contribution in [2.24, 2.45) is 7.05 Å². The third kappa shape index (κ3) is 3.30. The Hall–Kier alpha value is -2.67. The van der Waals surface area contributed by atoms with Gasteiger partial charge < -0.3 is 10.1 Å². The van der Waals surface area contributed by atoms with Crippen molar-refractivity contribution < 1.29 is 19.1 Å². The lowest BCUT2D eigenvalue weighted by Gasteiger charge is -2.08. The fraction of sp³-hybridized carbons (Fsp3) is 0.250. The number of carbonyl (C=O) groups is 3. The number of esters is 1. The smallest absolute Gasteiger partial charge is 0.337 e. The maximum Gasteiger partial charge on any atom is 0.337 e. The van der Waals surface area contributed by atoms with Crippen LogP contribution in [0.4, 0.5) is 5.69 Å². The molecule has 24 heavy (non-hydrogen) atoms. The van der Waals surface area contributed by atoms with E-state index in [-0.39, 0.29) is 21.8 Å². The highest BCUT2D eigenvalue weighted by Gasteiger charge is 2.24. The van der Waals surface area contributed by atoms with E-state index in [4.69, 9.17) is 11.6 Å². The van der Waals surface area contributed by atoms with Gasteiger partial charge in [0.1, 0.15) is 0 Å². The molecule has 0 aliphatic carbocycles. The van der Waals surface area contributed by atoms with Gasteiger partial charge in [0.25, 0.3) is 11.7 Å². The number of ketones is 1. The molecular formula is C16H16ClN3O4. The molecule has 0 bridgehead atoms. The van der Waals surface area contributed by atoms with Crippen LogP contribution < -0.4 is 5.32 Å². The second kappa shape index (κ2) is 6.84. The van der Waals surface area contributed by atoms with E-state index in [9.17, 15) is 14.4 Å². The summed E-state index contributed by atoms with van der Waals surface area (Å²) in [6, 6.07) is 4.25. The molecule has 0 saturated carbocycles. The minimum Gasteiger partial charge on any atom is -0.465 e. The van der Waals surface area contributed by atoms with Crippen molar-refractivity contribution in [1.82, 2.24) is 9.78 Å². The van der Waals surface area contributed by atoms with Gasteiger partial charge in [-0.2, -0.15) is 5.10 Å². The quantitative estimate of drug-likeness (QED) is 0.519. The number of rotatable bonds is 4. The Morgan fingerprint density at radius 1 is 1.25 bits per heavy atom. The number of nitrogens with zero attached hydrogens (tertiary/aromatic N) is 2. The zero-order chi connectivity index (χ0) is 18.0. The maximum atomic E-state index is 12.4. The fourth-order valence-electron chi connectivity index (χ4n) is 2.26. The third-order valence-electron chi connectivity index (χ3n) is 3.58. The van der Waals surface area contributed by atoms with Gasteiger partial charge in [0.2, 0.25) is 0 Å². The lowest BCUT2D eigenvalue weighted by molar-refractivity contribution is -0.112. The van der Waals surface area contributed by atoms with Crippen molar-refractivity contribution in [1.29, 1.82) is 0 Å². The van der Waals surface area contributed by atoms with E-state index in [1.54, 1.807) is 20.9 Å². The summed E-state index contributed by atoms with van der Waals surface area (Å²) >= 11 is 6.01. The number of hydrogen-bond acceptors (Lipinski definition) is 5. The van der Waals surface area contributed by atoms with Gasteiger partial charge in [-0.25, -0.2) is 4.79 Å². The van der Waals surface area contributed by atoms with Gasteiger partial charge in [-0.3, -0.25) is 14.3 Å². The number of halogens is 1. The van der Waals surface area contributed by atoms with Crippen LogP contribution in [0.3, 0.4) is 0 Å². The molecule has 0 unspecified atom stereocenters. The molecule has 0 spiro atoms. The topological polar surface area (TPSA) is 90.3 Å². The molecule has 7 nitrogen and oxygen atoms in total. The SMILES string of the molecule is COC(=O)c1ccc(Cl)c(NC(=O)C(=O)c2c(C)nn(C)c2C)c1. The predicted octanol–water partition coefficient (Wildman–Crippen LogP) is 2.30. The standard InChI is InChI=1S/C16H16ClN3O4/c1-8-13(9(2)20(3)19-8)14(21)15(22)18-12-7-10(16(23)24-4)5-6-11(12)17/h5-7H,1-4H3,(H,18,22). The molecule has 2 aromatic rings. The molecule has 8 heteroatoms. The van der Waals surface area contributed by atoms with Crippen molar-refractivity contribution in [3.63, 3.8) is 0 Å². The van der Waals surface area contributed by atoms with Crippen LogP contribution in [0, 0.1) is 13.8 Å². The maximum absolute atomic E-state index is 12.4. The normalized spacial score (nSPS) is 10.4. The third-order valence-corrected chi connectivity index (χ3v) is 3.91. The fourth-order valence-corrected chi connectivity index (χ4v) is 2.43. The molecule has 0 saturated heterocycles. The minimum absolute atomic E-state index is 0.150. The molecule has 126 valence electrons. The van der Waals surface area contributed by atoms with Gasteiger partial charge in [0.05, 0.1) is 34.6 Å². The summed E-state index contributed by atoms with van der Waals surface area (Å²) in [6.07, 6.45) is 0. The van der Waals surface area contributed by atoms with Crippen LogP contribution >= 0.6 is 11.6 Å². The van der Waals surface area contributed by atoms with E-state index >= 15 is 0 Å². The summed E-state index contributed by atoms with van der Waals surface area (Å²) < 4.78 is 6.14. The Balaban J connectivity index is 2.29. The Morgan fingerprint density at radius 2 is 1.92 bits per heavy atom. The highest BCUT2D eigenvalue weighted by atomic mass is 35.5. The number of nitrogens with one attached hydrogen (secondary N) is 1. The van der Waals surface area contributed by atoms with Crippen LogP contribution in [0.15, 0.2) is 18.2 Å². The molecule has 0 atom stereocenters. The van der Waals surface area contributed by atoms with Crippen LogP contribution in [0.25, 0.3) is 0 Å². The molecule has 0 aliphatic rings. The lowest BCUT2D eigenvalue weighted by atomic mass is 10.1. The Labute approximate surface area is 143 Å². The minimum atomic E-state index is -0.863. The molecule has 1 aromatic carbocycles. The van der Waals surface area contributed by atoms with Gasteiger partial charge in [0, 0.05) is 12.7 Å². The van der Waals surface area contributed by atoms with E-state index in [2.05, 4.69) is 15.2 Å². The van der Waals surface area contributed by atoms with Crippen molar-refractivity contribution in [3.05, 3.63) is 45.7 Å². The number of aryl methyl sites for hydroxylation is 2.